The summed E-state index contributed by atoms with van der Waals surface area (Å²) in [7, 11) is 1.59. The number of nitrogens with zero attached hydrogens (tertiary/aromatic N) is 1. The molecule has 2 aromatic rings. The fourth-order valence-electron chi connectivity index (χ4n) is 3.58. The molecule has 1 saturated heterocycles. The van der Waals surface area contributed by atoms with E-state index >= 15 is 0 Å². The van der Waals surface area contributed by atoms with Gasteiger partial charge in [-0.15, -0.1) is 4.72 Å². The first-order valence-corrected chi connectivity index (χ1v) is 11.8. The molecule has 2 atom stereocenters. The van der Waals surface area contributed by atoms with E-state index < -0.39 is 17.4 Å². The van der Waals surface area contributed by atoms with Crippen molar-refractivity contribution in [2.45, 2.75) is 43.5 Å². The Balaban J connectivity index is 1.71. The monoisotopic (exact) mass is 448 g/mol. The Labute approximate surface area is 187 Å². The standard InChI is InChI=1S/C23H29ClN2O3S/c1-17-13-15-26(16-14-17)23(27)22(12-7-18-5-3-4-6-21(18)24)25-30(28)20-10-8-19(29-2)9-11-20/h3-6,8-11,17,22,25H,7,12-16H2,1-2H3. The lowest BCUT2D eigenvalue weighted by molar-refractivity contribution is -0.134. The lowest BCUT2D eigenvalue weighted by Gasteiger charge is -2.33. The van der Waals surface area contributed by atoms with E-state index in [1.54, 1.807) is 31.4 Å². The molecule has 0 aromatic heterocycles. The number of ether oxygens (including phenoxy) is 1. The van der Waals surface area contributed by atoms with Crippen molar-refractivity contribution in [1.82, 2.24) is 9.62 Å². The van der Waals surface area contributed by atoms with Gasteiger partial charge in [-0.3, -0.25) is 4.79 Å². The van der Waals surface area contributed by atoms with Gasteiger partial charge in [0.25, 0.3) is 0 Å². The lowest BCUT2D eigenvalue weighted by atomic mass is 9.98. The molecule has 2 aromatic carbocycles. The number of likely N-dealkylation sites (tertiary alicyclic amines) is 1. The van der Waals surface area contributed by atoms with E-state index in [0.717, 1.165) is 31.5 Å². The Hall–Kier alpha value is -1.73. The largest absolute Gasteiger partial charge is 0.593 e. The van der Waals surface area contributed by atoms with Crippen molar-refractivity contribution in [3.05, 3.63) is 59.1 Å². The molecule has 3 rings (SSSR count). The van der Waals surface area contributed by atoms with E-state index in [-0.39, 0.29) is 5.91 Å². The number of aryl methyl sites for hydroxylation is 1. The molecule has 0 saturated carbocycles. The number of methoxy groups -OCH3 is 1. The zero-order valence-corrected chi connectivity index (χ0v) is 19.0. The maximum Gasteiger partial charge on any atom is 0.244 e. The minimum atomic E-state index is -1.51. The zero-order valence-electron chi connectivity index (χ0n) is 17.5. The molecule has 1 fully saturated rings. The Kier molecular flexibility index (Phi) is 8.45. The highest BCUT2D eigenvalue weighted by atomic mass is 35.5. The average Bonchev–Trinajstić information content (AvgIpc) is 2.77. The molecule has 1 amide bonds. The van der Waals surface area contributed by atoms with E-state index in [0.29, 0.717) is 34.4 Å². The van der Waals surface area contributed by atoms with Crippen LogP contribution in [0.1, 0.15) is 31.7 Å². The number of carbonyl (C=O) groups excluding carboxylic acids is 1. The summed E-state index contributed by atoms with van der Waals surface area (Å²) in [6.45, 7) is 3.71. The molecule has 1 N–H and O–H groups in total. The summed E-state index contributed by atoms with van der Waals surface area (Å²) in [6.07, 6.45) is 3.17. The molecule has 162 valence electrons. The summed E-state index contributed by atoms with van der Waals surface area (Å²) in [5.74, 6) is 1.34. The summed E-state index contributed by atoms with van der Waals surface area (Å²) >= 11 is 4.79. The van der Waals surface area contributed by atoms with Crippen LogP contribution in [0, 0.1) is 5.92 Å². The molecular formula is C23H29ClN2O3S. The predicted molar refractivity (Wildman–Crippen MR) is 121 cm³/mol. The maximum atomic E-state index is 13.3. The van der Waals surface area contributed by atoms with Crippen molar-refractivity contribution >= 4 is 28.9 Å². The second-order valence-electron chi connectivity index (χ2n) is 7.75. The van der Waals surface area contributed by atoms with Gasteiger partial charge in [-0.2, -0.15) is 0 Å². The van der Waals surface area contributed by atoms with Gasteiger partial charge in [0.15, 0.2) is 4.90 Å². The van der Waals surface area contributed by atoms with Crippen LogP contribution in [0.3, 0.4) is 0 Å². The predicted octanol–water partition coefficient (Wildman–Crippen LogP) is 4.22. The van der Waals surface area contributed by atoms with Crippen molar-refractivity contribution in [1.29, 1.82) is 0 Å². The third-order valence-electron chi connectivity index (χ3n) is 5.58. The van der Waals surface area contributed by atoms with E-state index in [2.05, 4.69) is 11.6 Å². The molecule has 2 unspecified atom stereocenters. The third-order valence-corrected chi connectivity index (χ3v) is 7.14. The fourth-order valence-corrected chi connectivity index (χ4v) is 4.81. The molecule has 0 bridgehead atoms. The van der Waals surface area contributed by atoms with Gasteiger partial charge in [0, 0.05) is 18.1 Å². The number of rotatable bonds is 8. The summed E-state index contributed by atoms with van der Waals surface area (Å²) in [4.78, 5) is 15.8. The van der Waals surface area contributed by atoms with E-state index in [4.69, 9.17) is 16.3 Å². The van der Waals surface area contributed by atoms with Crippen LogP contribution in [0.15, 0.2) is 53.4 Å². The van der Waals surface area contributed by atoms with Gasteiger partial charge in [0.1, 0.15) is 11.8 Å². The second-order valence-corrected chi connectivity index (χ2v) is 9.40. The van der Waals surface area contributed by atoms with Gasteiger partial charge in [-0.1, -0.05) is 36.7 Å². The number of hydrogen-bond acceptors (Lipinski definition) is 4. The summed E-state index contributed by atoms with van der Waals surface area (Å²) in [6, 6.07) is 14.1. The number of benzene rings is 2. The van der Waals surface area contributed by atoms with Crippen molar-refractivity contribution < 1.29 is 14.1 Å². The van der Waals surface area contributed by atoms with Crippen molar-refractivity contribution in [2.75, 3.05) is 20.2 Å². The van der Waals surface area contributed by atoms with Gasteiger partial charge in [-0.25, -0.2) is 0 Å². The fraction of sp³-hybridized carbons (Fsp3) is 0.435. The number of carbonyl (C=O) groups is 1. The van der Waals surface area contributed by atoms with E-state index in [9.17, 15) is 9.35 Å². The number of halogens is 1. The first kappa shape index (κ1) is 22.9. The molecule has 1 aliphatic heterocycles. The smallest absolute Gasteiger partial charge is 0.244 e. The molecule has 30 heavy (non-hydrogen) atoms. The molecule has 1 aliphatic rings. The highest BCUT2D eigenvalue weighted by Gasteiger charge is 2.31. The van der Waals surface area contributed by atoms with Gasteiger partial charge in [0.2, 0.25) is 5.91 Å². The quantitative estimate of drug-likeness (QED) is 0.614. The van der Waals surface area contributed by atoms with Crippen molar-refractivity contribution in [3.63, 3.8) is 0 Å². The number of hydrogen-bond donors (Lipinski definition) is 1. The summed E-state index contributed by atoms with van der Waals surface area (Å²) in [5, 5.41) is 0.687. The molecule has 1 heterocycles. The molecule has 0 radical (unpaired) electrons. The van der Waals surface area contributed by atoms with Crippen LogP contribution in [-0.2, 0) is 22.6 Å². The second kappa shape index (κ2) is 11.0. The lowest BCUT2D eigenvalue weighted by Crippen LogP contribution is -2.50. The Morgan fingerprint density at radius 3 is 2.53 bits per heavy atom. The van der Waals surface area contributed by atoms with Crippen LogP contribution >= 0.6 is 11.6 Å². The maximum absolute atomic E-state index is 13.3. The van der Waals surface area contributed by atoms with Gasteiger partial charge >= 0.3 is 0 Å². The minimum absolute atomic E-state index is 0.0100. The molecule has 0 spiro atoms. The SMILES string of the molecule is COc1ccc([S+]([O-])NC(CCc2ccccc2Cl)C(=O)N2CCC(C)CC2)cc1. The number of nitrogens with one attached hydrogen (secondary N) is 1. The van der Waals surface area contributed by atoms with Crippen LogP contribution in [0.5, 0.6) is 5.75 Å². The molecular weight excluding hydrogens is 420 g/mol. The normalized spacial score (nSPS) is 16.9. The van der Waals surface area contributed by atoms with Crippen LogP contribution in [0.2, 0.25) is 5.02 Å². The summed E-state index contributed by atoms with van der Waals surface area (Å²) in [5.41, 5.74) is 0.987. The average molecular weight is 449 g/mol. The number of amides is 1. The third kappa shape index (κ3) is 6.14. The van der Waals surface area contributed by atoms with Crippen LogP contribution < -0.4 is 9.46 Å². The van der Waals surface area contributed by atoms with Crippen LogP contribution in [-0.4, -0.2) is 41.6 Å². The van der Waals surface area contributed by atoms with Crippen molar-refractivity contribution in [3.8, 4) is 5.75 Å². The molecule has 0 aliphatic carbocycles. The highest BCUT2D eigenvalue weighted by Crippen LogP contribution is 2.22. The highest BCUT2D eigenvalue weighted by molar-refractivity contribution is 7.89. The van der Waals surface area contributed by atoms with Crippen LogP contribution in [0.25, 0.3) is 0 Å². The van der Waals surface area contributed by atoms with Gasteiger partial charge < -0.3 is 14.2 Å². The van der Waals surface area contributed by atoms with Gasteiger partial charge in [-0.05, 0) is 67.5 Å². The van der Waals surface area contributed by atoms with Crippen LogP contribution in [0.4, 0.5) is 0 Å². The molecule has 7 heteroatoms. The van der Waals surface area contributed by atoms with E-state index in [1.807, 2.05) is 29.2 Å². The Morgan fingerprint density at radius 1 is 1.23 bits per heavy atom. The first-order valence-electron chi connectivity index (χ1n) is 10.3. The van der Waals surface area contributed by atoms with Crippen molar-refractivity contribution in [2.24, 2.45) is 5.92 Å². The zero-order chi connectivity index (χ0) is 21.5. The first-order chi connectivity index (χ1) is 14.5. The Morgan fingerprint density at radius 2 is 1.90 bits per heavy atom. The number of piperidine rings is 1. The Bertz CT molecular complexity index is 825. The topological polar surface area (TPSA) is 64.6 Å². The van der Waals surface area contributed by atoms with E-state index in [1.165, 1.54) is 0 Å². The minimum Gasteiger partial charge on any atom is -0.593 e. The van der Waals surface area contributed by atoms with Gasteiger partial charge in [0.05, 0.1) is 18.5 Å². The summed E-state index contributed by atoms with van der Waals surface area (Å²) < 4.78 is 21.2. The molecule has 5 nitrogen and oxygen atoms in total.